The lowest BCUT2D eigenvalue weighted by Gasteiger charge is -2.16. The number of rotatable bonds is 2. The SMILES string of the molecule is NC(=O)c1nc2n(n1)CCN2c1c(F)cccc1F. The zero-order chi connectivity index (χ0) is 13.6. The van der Waals surface area contributed by atoms with Crippen LogP contribution < -0.4 is 10.6 Å². The summed E-state index contributed by atoms with van der Waals surface area (Å²) >= 11 is 0. The smallest absolute Gasteiger partial charge is 0.288 e. The number of aromatic nitrogens is 3. The molecular formula is C11H9F2N5O. The Bertz CT molecular complexity index is 649. The van der Waals surface area contributed by atoms with Gasteiger partial charge in [-0.05, 0) is 12.1 Å². The third-order valence-electron chi connectivity index (χ3n) is 2.86. The summed E-state index contributed by atoms with van der Waals surface area (Å²) in [6, 6.07) is 3.60. The minimum atomic E-state index is -0.782. The molecule has 98 valence electrons. The number of para-hydroxylation sites is 1. The van der Waals surface area contributed by atoms with Crippen molar-refractivity contribution in [1.29, 1.82) is 0 Å². The molecule has 2 N–H and O–H groups in total. The van der Waals surface area contributed by atoms with E-state index in [-0.39, 0.29) is 17.5 Å². The van der Waals surface area contributed by atoms with Gasteiger partial charge in [-0.3, -0.25) is 4.79 Å². The minimum Gasteiger partial charge on any atom is -0.363 e. The summed E-state index contributed by atoms with van der Waals surface area (Å²) in [5, 5.41) is 3.87. The summed E-state index contributed by atoms with van der Waals surface area (Å²) in [5.74, 6) is -2.14. The fourth-order valence-corrected chi connectivity index (χ4v) is 2.04. The molecule has 0 radical (unpaired) electrons. The standard InChI is InChI=1S/C11H9F2N5O/c12-6-2-1-3-7(13)8(6)17-4-5-18-11(17)15-10(16-18)9(14)19/h1-3H,4-5H2,(H2,14,19). The fourth-order valence-electron chi connectivity index (χ4n) is 2.04. The molecule has 2 aromatic rings. The van der Waals surface area contributed by atoms with Gasteiger partial charge in [-0.1, -0.05) is 6.07 Å². The number of carbonyl (C=O) groups excluding carboxylic acids is 1. The Labute approximate surface area is 106 Å². The van der Waals surface area contributed by atoms with Gasteiger partial charge < -0.3 is 10.6 Å². The van der Waals surface area contributed by atoms with Gasteiger partial charge in [0.05, 0.1) is 6.54 Å². The fraction of sp³-hybridized carbons (Fsp3) is 0.182. The first kappa shape index (κ1) is 11.6. The number of anilines is 2. The molecule has 1 aliphatic rings. The van der Waals surface area contributed by atoms with E-state index in [1.54, 1.807) is 0 Å². The maximum absolute atomic E-state index is 13.7. The Morgan fingerprint density at radius 2 is 1.95 bits per heavy atom. The number of nitrogens with two attached hydrogens (primary N) is 1. The summed E-state index contributed by atoms with van der Waals surface area (Å²) in [6.45, 7) is 0.704. The molecule has 0 unspecified atom stereocenters. The highest BCUT2D eigenvalue weighted by molar-refractivity contribution is 5.89. The van der Waals surface area contributed by atoms with Crippen molar-refractivity contribution < 1.29 is 13.6 Å². The molecule has 19 heavy (non-hydrogen) atoms. The Morgan fingerprint density at radius 3 is 2.58 bits per heavy atom. The van der Waals surface area contributed by atoms with Gasteiger partial charge in [0, 0.05) is 6.54 Å². The summed E-state index contributed by atoms with van der Waals surface area (Å²) in [7, 11) is 0. The quantitative estimate of drug-likeness (QED) is 0.871. The number of fused-ring (bicyclic) bond motifs is 1. The van der Waals surface area contributed by atoms with Crippen LogP contribution in [-0.2, 0) is 6.54 Å². The van der Waals surface area contributed by atoms with Crippen molar-refractivity contribution in [1.82, 2.24) is 14.8 Å². The van der Waals surface area contributed by atoms with Crippen LogP contribution in [0.15, 0.2) is 18.2 Å². The number of benzene rings is 1. The maximum atomic E-state index is 13.7. The first-order chi connectivity index (χ1) is 9.08. The van der Waals surface area contributed by atoms with Crippen LogP contribution in [-0.4, -0.2) is 27.2 Å². The molecule has 0 saturated carbocycles. The minimum absolute atomic E-state index is 0.170. The van der Waals surface area contributed by atoms with E-state index in [1.165, 1.54) is 15.6 Å². The normalized spacial score (nSPS) is 13.7. The number of carbonyl (C=O) groups is 1. The van der Waals surface area contributed by atoms with Gasteiger partial charge in [-0.25, -0.2) is 13.5 Å². The molecule has 0 saturated heterocycles. The molecule has 8 heteroatoms. The van der Waals surface area contributed by atoms with Crippen molar-refractivity contribution in [2.45, 2.75) is 6.54 Å². The van der Waals surface area contributed by atoms with E-state index in [0.29, 0.717) is 13.1 Å². The van der Waals surface area contributed by atoms with Crippen LogP contribution in [0.2, 0.25) is 0 Å². The van der Waals surface area contributed by atoms with Crippen LogP contribution in [0.1, 0.15) is 10.6 Å². The highest BCUT2D eigenvalue weighted by Gasteiger charge is 2.29. The van der Waals surface area contributed by atoms with Crippen LogP contribution >= 0.6 is 0 Å². The first-order valence-corrected chi connectivity index (χ1v) is 5.54. The predicted molar refractivity (Wildman–Crippen MR) is 61.9 cm³/mol. The van der Waals surface area contributed by atoms with Crippen LogP contribution in [0.5, 0.6) is 0 Å². The summed E-state index contributed by atoms with van der Waals surface area (Å²) in [4.78, 5) is 16.2. The number of nitrogens with zero attached hydrogens (tertiary/aromatic N) is 4. The van der Waals surface area contributed by atoms with E-state index in [9.17, 15) is 13.6 Å². The molecule has 1 aliphatic heterocycles. The second-order valence-electron chi connectivity index (χ2n) is 4.04. The van der Waals surface area contributed by atoms with Crippen molar-refractivity contribution >= 4 is 17.5 Å². The molecule has 1 aromatic carbocycles. The van der Waals surface area contributed by atoms with E-state index in [4.69, 9.17) is 5.73 Å². The molecule has 3 rings (SSSR count). The average Bonchev–Trinajstić information content (AvgIpc) is 2.90. The lowest BCUT2D eigenvalue weighted by Crippen LogP contribution is -2.19. The Kier molecular flexibility index (Phi) is 2.44. The van der Waals surface area contributed by atoms with Crippen LogP contribution in [0.4, 0.5) is 20.4 Å². The molecule has 1 amide bonds. The molecular weight excluding hydrogens is 256 g/mol. The van der Waals surface area contributed by atoms with Crippen molar-refractivity contribution in [3.05, 3.63) is 35.7 Å². The Morgan fingerprint density at radius 1 is 1.26 bits per heavy atom. The van der Waals surface area contributed by atoms with Crippen LogP contribution in [0, 0.1) is 11.6 Å². The topological polar surface area (TPSA) is 77.0 Å². The number of primary amides is 1. The third kappa shape index (κ3) is 1.72. The zero-order valence-corrected chi connectivity index (χ0v) is 9.68. The second kappa shape index (κ2) is 4.01. The molecule has 6 nitrogen and oxygen atoms in total. The number of hydrogen-bond acceptors (Lipinski definition) is 4. The second-order valence-corrected chi connectivity index (χ2v) is 4.04. The van der Waals surface area contributed by atoms with Crippen LogP contribution in [0.25, 0.3) is 0 Å². The molecule has 0 bridgehead atoms. The predicted octanol–water partition coefficient (Wildman–Crippen LogP) is 0.807. The summed E-state index contributed by atoms with van der Waals surface area (Å²) in [6.07, 6.45) is 0. The van der Waals surface area contributed by atoms with E-state index in [0.717, 1.165) is 12.1 Å². The lowest BCUT2D eigenvalue weighted by molar-refractivity contribution is 0.0990. The van der Waals surface area contributed by atoms with E-state index in [2.05, 4.69) is 10.1 Å². The molecule has 0 spiro atoms. The van der Waals surface area contributed by atoms with Gasteiger partial charge in [-0.2, -0.15) is 4.98 Å². The zero-order valence-electron chi connectivity index (χ0n) is 9.68. The number of hydrogen-bond donors (Lipinski definition) is 1. The van der Waals surface area contributed by atoms with Gasteiger partial charge in [0.1, 0.15) is 17.3 Å². The molecule has 2 heterocycles. The van der Waals surface area contributed by atoms with Gasteiger partial charge in [0.15, 0.2) is 0 Å². The number of halogens is 2. The summed E-state index contributed by atoms with van der Waals surface area (Å²) < 4.78 is 28.9. The maximum Gasteiger partial charge on any atom is 0.288 e. The molecule has 0 aliphatic carbocycles. The molecule has 1 aromatic heterocycles. The van der Waals surface area contributed by atoms with Crippen molar-refractivity contribution in [3.8, 4) is 0 Å². The lowest BCUT2D eigenvalue weighted by atomic mass is 10.2. The van der Waals surface area contributed by atoms with Gasteiger partial charge in [0.25, 0.3) is 5.91 Å². The molecule has 0 fully saturated rings. The summed E-state index contributed by atoms with van der Waals surface area (Å²) in [5.41, 5.74) is 4.87. The Hall–Kier alpha value is -2.51. The van der Waals surface area contributed by atoms with Gasteiger partial charge in [-0.15, -0.1) is 5.10 Å². The van der Waals surface area contributed by atoms with E-state index in [1.807, 2.05) is 0 Å². The largest absolute Gasteiger partial charge is 0.363 e. The van der Waals surface area contributed by atoms with E-state index < -0.39 is 17.5 Å². The highest BCUT2D eigenvalue weighted by atomic mass is 19.1. The van der Waals surface area contributed by atoms with Crippen molar-refractivity contribution in [2.75, 3.05) is 11.4 Å². The third-order valence-corrected chi connectivity index (χ3v) is 2.86. The number of amides is 1. The van der Waals surface area contributed by atoms with Crippen molar-refractivity contribution in [2.24, 2.45) is 5.73 Å². The average molecular weight is 265 g/mol. The van der Waals surface area contributed by atoms with Gasteiger partial charge in [0.2, 0.25) is 11.8 Å². The van der Waals surface area contributed by atoms with E-state index >= 15 is 0 Å². The Balaban J connectivity index is 2.09. The van der Waals surface area contributed by atoms with Gasteiger partial charge >= 0.3 is 0 Å². The molecule has 0 atom stereocenters. The van der Waals surface area contributed by atoms with Crippen molar-refractivity contribution in [3.63, 3.8) is 0 Å². The first-order valence-electron chi connectivity index (χ1n) is 5.54. The highest BCUT2D eigenvalue weighted by Crippen LogP contribution is 2.32. The van der Waals surface area contributed by atoms with Crippen LogP contribution in [0.3, 0.4) is 0 Å². The monoisotopic (exact) mass is 265 g/mol.